The highest BCUT2D eigenvalue weighted by atomic mass is 79.9. The summed E-state index contributed by atoms with van der Waals surface area (Å²) in [5.74, 6) is 1.17. The van der Waals surface area contributed by atoms with Crippen molar-refractivity contribution in [2.24, 2.45) is 0 Å². The minimum Gasteiger partial charge on any atom is -0.469 e. The van der Waals surface area contributed by atoms with Gasteiger partial charge in [0.2, 0.25) is 0 Å². The van der Waals surface area contributed by atoms with Gasteiger partial charge in [-0.1, -0.05) is 28.1 Å². The van der Waals surface area contributed by atoms with Gasteiger partial charge >= 0.3 is 0 Å². The molecule has 21 heavy (non-hydrogen) atoms. The fourth-order valence-electron chi connectivity index (χ4n) is 2.23. The highest BCUT2D eigenvalue weighted by molar-refractivity contribution is 9.10. The molecule has 0 atom stereocenters. The summed E-state index contributed by atoms with van der Waals surface area (Å²) >= 11 is 3.37. The van der Waals surface area contributed by atoms with E-state index in [9.17, 15) is 4.79 Å². The molecule has 3 nitrogen and oxygen atoms in total. The van der Waals surface area contributed by atoms with Gasteiger partial charge in [-0.05, 0) is 45.1 Å². The molecule has 0 bridgehead atoms. The van der Waals surface area contributed by atoms with Crippen molar-refractivity contribution >= 4 is 21.7 Å². The zero-order valence-corrected chi connectivity index (χ0v) is 14.0. The third kappa shape index (κ3) is 4.83. The number of rotatable bonds is 7. The van der Waals surface area contributed by atoms with E-state index in [0.29, 0.717) is 6.42 Å². The number of benzene rings is 1. The summed E-state index contributed by atoms with van der Waals surface area (Å²) in [5.41, 5.74) is 1.99. The number of furan rings is 1. The highest BCUT2D eigenvalue weighted by Gasteiger charge is 2.08. The van der Waals surface area contributed by atoms with Gasteiger partial charge in [-0.25, -0.2) is 0 Å². The Labute approximate surface area is 134 Å². The van der Waals surface area contributed by atoms with Crippen LogP contribution in [0.4, 0.5) is 0 Å². The van der Waals surface area contributed by atoms with Crippen molar-refractivity contribution in [2.75, 3.05) is 13.6 Å². The number of ketones is 1. The van der Waals surface area contributed by atoms with Gasteiger partial charge in [0.15, 0.2) is 5.78 Å². The lowest BCUT2D eigenvalue weighted by molar-refractivity contribution is 0.0976. The van der Waals surface area contributed by atoms with E-state index < -0.39 is 0 Å². The van der Waals surface area contributed by atoms with Crippen LogP contribution in [0.1, 0.15) is 34.5 Å². The first-order chi connectivity index (χ1) is 10.1. The Kier molecular flexibility index (Phi) is 5.76. The van der Waals surface area contributed by atoms with Gasteiger partial charge in [-0.15, -0.1) is 0 Å². The maximum absolute atomic E-state index is 12.1. The Morgan fingerprint density at radius 1 is 1.24 bits per heavy atom. The molecule has 2 aromatic rings. The van der Waals surface area contributed by atoms with E-state index in [1.165, 1.54) is 5.56 Å². The van der Waals surface area contributed by atoms with E-state index in [0.717, 1.165) is 35.3 Å². The first-order valence-corrected chi connectivity index (χ1v) is 7.86. The molecular formula is C17H20BrNO2. The minimum absolute atomic E-state index is 0.204. The standard InChI is InChI=1S/C17H20BrNO2/c1-13-15(9-11-21-13)12-19(2)10-3-4-17(20)14-5-7-16(18)8-6-14/h5-9,11H,3-4,10,12H2,1-2H3. The van der Waals surface area contributed by atoms with Crippen LogP contribution in [0.25, 0.3) is 0 Å². The van der Waals surface area contributed by atoms with Gasteiger partial charge in [0.05, 0.1) is 6.26 Å². The van der Waals surface area contributed by atoms with Gasteiger partial charge < -0.3 is 9.32 Å². The average molecular weight is 350 g/mol. The third-order valence-electron chi connectivity index (χ3n) is 3.52. The molecule has 0 aliphatic carbocycles. The van der Waals surface area contributed by atoms with Crippen LogP contribution < -0.4 is 0 Å². The Morgan fingerprint density at radius 2 is 1.95 bits per heavy atom. The Bertz CT molecular complexity index is 589. The molecule has 4 heteroatoms. The number of aryl methyl sites for hydroxylation is 1. The van der Waals surface area contributed by atoms with Crippen LogP contribution in [0.3, 0.4) is 0 Å². The second kappa shape index (κ2) is 7.57. The fourth-order valence-corrected chi connectivity index (χ4v) is 2.50. The van der Waals surface area contributed by atoms with E-state index in [4.69, 9.17) is 4.42 Å². The lowest BCUT2D eigenvalue weighted by atomic mass is 10.1. The summed E-state index contributed by atoms with van der Waals surface area (Å²) in [6.07, 6.45) is 3.16. The van der Waals surface area contributed by atoms with E-state index in [1.807, 2.05) is 37.3 Å². The minimum atomic E-state index is 0.204. The number of carbonyl (C=O) groups is 1. The summed E-state index contributed by atoms with van der Waals surface area (Å²) in [6, 6.07) is 9.54. The summed E-state index contributed by atoms with van der Waals surface area (Å²) < 4.78 is 6.29. The predicted molar refractivity (Wildman–Crippen MR) is 87.5 cm³/mol. The molecule has 1 aromatic carbocycles. The molecule has 0 amide bonds. The van der Waals surface area contributed by atoms with Gasteiger partial charge in [0, 0.05) is 28.6 Å². The molecule has 0 radical (unpaired) electrons. The van der Waals surface area contributed by atoms with Crippen LogP contribution >= 0.6 is 15.9 Å². The number of hydrogen-bond acceptors (Lipinski definition) is 3. The van der Waals surface area contributed by atoms with Crippen molar-refractivity contribution in [3.05, 3.63) is 58.0 Å². The van der Waals surface area contributed by atoms with Gasteiger partial charge in [0.25, 0.3) is 0 Å². The van der Waals surface area contributed by atoms with Crippen molar-refractivity contribution < 1.29 is 9.21 Å². The molecule has 2 rings (SSSR count). The van der Waals surface area contributed by atoms with Gasteiger partial charge in [-0.3, -0.25) is 4.79 Å². The zero-order valence-electron chi connectivity index (χ0n) is 12.4. The topological polar surface area (TPSA) is 33.5 Å². The molecule has 0 fully saturated rings. The molecule has 1 heterocycles. The number of hydrogen-bond donors (Lipinski definition) is 0. The van der Waals surface area contributed by atoms with Crippen molar-refractivity contribution in [3.8, 4) is 0 Å². The van der Waals surface area contributed by atoms with Crippen molar-refractivity contribution in [1.29, 1.82) is 0 Å². The van der Waals surface area contributed by atoms with E-state index in [-0.39, 0.29) is 5.78 Å². The molecule has 0 N–H and O–H groups in total. The van der Waals surface area contributed by atoms with E-state index in [2.05, 4.69) is 27.9 Å². The average Bonchev–Trinajstić information content (AvgIpc) is 2.85. The summed E-state index contributed by atoms with van der Waals surface area (Å²) in [7, 11) is 2.07. The highest BCUT2D eigenvalue weighted by Crippen LogP contribution is 2.14. The Hall–Kier alpha value is -1.39. The summed E-state index contributed by atoms with van der Waals surface area (Å²) in [4.78, 5) is 14.3. The molecule has 0 aliphatic heterocycles. The van der Waals surface area contributed by atoms with Crippen molar-refractivity contribution in [2.45, 2.75) is 26.3 Å². The van der Waals surface area contributed by atoms with Crippen LogP contribution in [0.5, 0.6) is 0 Å². The van der Waals surface area contributed by atoms with E-state index >= 15 is 0 Å². The lowest BCUT2D eigenvalue weighted by Crippen LogP contribution is -2.20. The normalized spacial score (nSPS) is 11.0. The third-order valence-corrected chi connectivity index (χ3v) is 4.05. The molecule has 112 valence electrons. The second-order valence-corrected chi connectivity index (χ2v) is 6.19. The smallest absolute Gasteiger partial charge is 0.162 e. The molecule has 1 aromatic heterocycles. The molecule has 0 aliphatic rings. The Morgan fingerprint density at radius 3 is 2.57 bits per heavy atom. The fraction of sp³-hybridized carbons (Fsp3) is 0.353. The quantitative estimate of drug-likeness (QED) is 0.692. The number of nitrogens with zero attached hydrogens (tertiary/aromatic N) is 1. The predicted octanol–water partition coefficient (Wildman–Crippen LogP) is 4.45. The van der Waals surface area contributed by atoms with Crippen molar-refractivity contribution in [3.63, 3.8) is 0 Å². The van der Waals surface area contributed by atoms with Gasteiger partial charge in [-0.2, -0.15) is 0 Å². The number of carbonyl (C=O) groups excluding carboxylic acids is 1. The van der Waals surface area contributed by atoms with Crippen molar-refractivity contribution in [1.82, 2.24) is 4.90 Å². The lowest BCUT2D eigenvalue weighted by Gasteiger charge is -2.15. The maximum atomic E-state index is 12.1. The largest absolute Gasteiger partial charge is 0.469 e. The monoisotopic (exact) mass is 349 g/mol. The summed E-state index contributed by atoms with van der Waals surface area (Å²) in [5, 5.41) is 0. The van der Waals surface area contributed by atoms with Crippen LogP contribution in [0, 0.1) is 6.92 Å². The van der Waals surface area contributed by atoms with Crippen LogP contribution in [-0.4, -0.2) is 24.3 Å². The number of halogens is 1. The molecule has 0 saturated carbocycles. The Balaban J connectivity index is 1.75. The van der Waals surface area contributed by atoms with Crippen LogP contribution in [0.2, 0.25) is 0 Å². The molecule has 0 saturated heterocycles. The SMILES string of the molecule is Cc1occc1CN(C)CCCC(=O)c1ccc(Br)cc1. The molecule has 0 unspecified atom stereocenters. The van der Waals surface area contributed by atoms with Crippen LogP contribution in [-0.2, 0) is 6.54 Å². The molecule has 0 spiro atoms. The van der Waals surface area contributed by atoms with Crippen LogP contribution in [0.15, 0.2) is 45.5 Å². The number of Topliss-reactive ketones (excluding diaryl/α,β-unsaturated/α-hetero) is 1. The second-order valence-electron chi connectivity index (χ2n) is 5.27. The van der Waals surface area contributed by atoms with Gasteiger partial charge in [0.1, 0.15) is 5.76 Å². The first-order valence-electron chi connectivity index (χ1n) is 7.06. The maximum Gasteiger partial charge on any atom is 0.162 e. The van der Waals surface area contributed by atoms with E-state index in [1.54, 1.807) is 6.26 Å². The molecular weight excluding hydrogens is 330 g/mol. The zero-order chi connectivity index (χ0) is 15.2. The first kappa shape index (κ1) is 16.0. The summed E-state index contributed by atoms with van der Waals surface area (Å²) in [6.45, 7) is 3.72.